The van der Waals surface area contributed by atoms with Crippen molar-refractivity contribution in [1.29, 1.82) is 0 Å². The molecule has 1 amide bonds. The third-order valence-electron chi connectivity index (χ3n) is 2.21. The van der Waals surface area contributed by atoms with Gasteiger partial charge in [0.05, 0.1) is 15.6 Å². The summed E-state index contributed by atoms with van der Waals surface area (Å²) in [6.07, 6.45) is -0.0941. The van der Waals surface area contributed by atoms with E-state index in [0.29, 0.717) is 0 Å². The molecule has 3 N–H and O–H groups in total. The molecular formula is C11H11Cl2NO4. The van der Waals surface area contributed by atoms with Gasteiger partial charge in [0.2, 0.25) is 0 Å². The fraction of sp³-hybridized carbons (Fsp3) is 0.273. The number of benzene rings is 1. The molecule has 0 spiro atoms. The van der Waals surface area contributed by atoms with Crippen molar-refractivity contribution in [3.63, 3.8) is 0 Å². The maximum Gasteiger partial charge on any atom is 0.326 e. The first-order valence-corrected chi connectivity index (χ1v) is 5.81. The highest BCUT2D eigenvalue weighted by atomic mass is 35.5. The monoisotopic (exact) mass is 291 g/mol. The molecule has 0 saturated carbocycles. The molecule has 1 aromatic rings. The van der Waals surface area contributed by atoms with E-state index in [-0.39, 0.29) is 28.6 Å². The van der Waals surface area contributed by atoms with Gasteiger partial charge in [-0.1, -0.05) is 29.3 Å². The van der Waals surface area contributed by atoms with Crippen molar-refractivity contribution in [2.45, 2.75) is 12.5 Å². The maximum atomic E-state index is 11.9. The number of carbonyl (C=O) groups excluding carboxylic acids is 1. The Balaban J connectivity index is 2.90. The Kier molecular flexibility index (Phi) is 5.40. The number of nitrogens with one attached hydrogen (secondary N) is 1. The molecular weight excluding hydrogens is 281 g/mol. The van der Waals surface area contributed by atoms with Gasteiger partial charge >= 0.3 is 5.97 Å². The van der Waals surface area contributed by atoms with E-state index in [1.807, 2.05) is 0 Å². The molecule has 7 heteroatoms. The van der Waals surface area contributed by atoms with Crippen LogP contribution in [0.1, 0.15) is 16.8 Å². The summed E-state index contributed by atoms with van der Waals surface area (Å²) in [4.78, 5) is 22.7. The average Bonchev–Trinajstić information content (AvgIpc) is 2.28. The molecule has 0 fully saturated rings. The Morgan fingerprint density at radius 3 is 2.28 bits per heavy atom. The number of aliphatic carboxylic acids is 1. The second-order valence-electron chi connectivity index (χ2n) is 3.47. The number of hydrogen-bond donors (Lipinski definition) is 3. The van der Waals surface area contributed by atoms with Crippen LogP contribution >= 0.6 is 23.2 Å². The molecule has 0 aliphatic carbocycles. The predicted octanol–water partition coefficient (Wildman–Crippen LogP) is 1.56. The number of rotatable bonds is 5. The van der Waals surface area contributed by atoms with Crippen LogP contribution in [0.25, 0.3) is 0 Å². The van der Waals surface area contributed by atoms with Gasteiger partial charge in [-0.3, -0.25) is 4.79 Å². The van der Waals surface area contributed by atoms with Gasteiger partial charge in [-0.25, -0.2) is 4.79 Å². The molecule has 0 aromatic heterocycles. The van der Waals surface area contributed by atoms with Crippen molar-refractivity contribution in [3.8, 4) is 0 Å². The lowest BCUT2D eigenvalue weighted by molar-refractivity contribution is -0.139. The summed E-state index contributed by atoms with van der Waals surface area (Å²) in [6, 6.07) is 3.34. The molecule has 1 rings (SSSR count). The lowest BCUT2D eigenvalue weighted by atomic mass is 10.1. The minimum absolute atomic E-state index is 0.0185. The number of aliphatic hydroxyl groups is 1. The summed E-state index contributed by atoms with van der Waals surface area (Å²) in [5.41, 5.74) is 0.0185. The molecule has 0 heterocycles. The minimum atomic E-state index is -1.24. The molecule has 0 saturated heterocycles. The van der Waals surface area contributed by atoms with Crippen LogP contribution in [0.3, 0.4) is 0 Å². The molecule has 0 aliphatic rings. The van der Waals surface area contributed by atoms with Gasteiger partial charge in [0.25, 0.3) is 5.91 Å². The van der Waals surface area contributed by atoms with Crippen molar-refractivity contribution in [2.24, 2.45) is 0 Å². The maximum absolute atomic E-state index is 11.9. The molecule has 1 atom stereocenters. The van der Waals surface area contributed by atoms with Crippen molar-refractivity contribution in [3.05, 3.63) is 33.8 Å². The van der Waals surface area contributed by atoms with E-state index in [9.17, 15) is 9.59 Å². The summed E-state index contributed by atoms with van der Waals surface area (Å²) in [5, 5.41) is 20.1. The van der Waals surface area contributed by atoms with Gasteiger partial charge in [-0.15, -0.1) is 0 Å². The van der Waals surface area contributed by atoms with Gasteiger partial charge in [0, 0.05) is 13.0 Å². The normalized spacial score (nSPS) is 11.9. The molecule has 1 unspecified atom stereocenters. The number of carboxylic acid groups (broad SMARTS) is 1. The third kappa shape index (κ3) is 3.60. The van der Waals surface area contributed by atoms with Crippen molar-refractivity contribution < 1.29 is 19.8 Å². The largest absolute Gasteiger partial charge is 0.480 e. The minimum Gasteiger partial charge on any atom is -0.480 e. The Hall–Kier alpha value is -1.30. The van der Waals surface area contributed by atoms with Crippen LogP contribution in [0.15, 0.2) is 18.2 Å². The van der Waals surface area contributed by atoms with E-state index < -0.39 is 17.9 Å². The summed E-state index contributed by atoms with van der Waals surface area (Å²) >= 11 is 11.6. The quantitative estimate of drug-likeness (QED) is 0.768. The summed E-state index contributed by atoms with van der Waals surface area (Å²) in [7, 11) is 0. The zero-order valence-corrected chi connectivity index (χ0v) is 10.7. The van der Waals surface area contributed by atoms with Gasteiger partial charge < -0.3 is 15.5 Å². The Labute approximate surface area is 113 Å². The summed E-state index contributed by atoms with van der Waals surface area (Å²) in [5.74, 6) is -1.92. The van der Waals surface area contributed by atoms with Crippen LogP contribution in [0.5, 0.6) is 0 Å². The standard InChI is InChI=1S/C11H11Cl2NO4/c12-6-2-1-3-7(13)9(6)10(16)14-8(4-5-15)11(17)18/h1-3,8,15H,4-5H2,(H,14,16)(H,17,18). The molecule has 0 bridgehead atoms. The first-order valence-electron chi connectivity index (χ1n) is 5.06. The van der Waals surface area contributed by atoms with Crippen LogP contribution in [0.4, 0.5) is 0 Å². The van der Waals surface area contributed by atoms with Gasteiger partial charge in [-0.05, 0) is 12.1 Å². The lowest BCUT2D eigenvalue weighted by Crippen LogP contribution is -2.41. The molecule has 5 nitrogen and oxygen atoms in total. The molecule has 0 aliphatic heterocycles. The lowest BCUT2D eigenvalue weighted by Gasteiger charge is -2.14. The summed E-state index contributed by atoms with van der Waals surface area (Å²) < 4.78 is 0. The zero-order chi connectivity index (χ0) is 13.7. The number of hydrogen-bond acceptors (Lipinski definition) is 3. The second kappa shape index (κ2) is 6.58. The van der Waals surface area contributed by atoms with Gasteiger partial charge in [0.1, 0.15) is 6.04 Å². The number of carboxylic acids is 1. The molecule has 18 heavy (non-hydrogen) atoms. The Bertz CT molecular complexity index is 444. The van der Waals surface area contributed by atoms with Crippen molar-refractivity contribution in [2.75, 3.05) is 6.61 Å². The number of amides is 1. The third-order valence-corrected chi connectivity index (χ3v) is 2.84. The van der Waals surface area contributed by atoms with Crippen LogP contribution in [-0.2, 0) is 4.79 Å². The van der Waals surface area contributed by atoms with Gasteiger partial charge in [-0.2, -0.15) is 0 Å². The number of carbonyl (C=O) groups is 2. The first-order chi connectivity index (χ1) is 8.47. The predicted molar refractivity (Wildman–Crippen MR) is 67.1 cm³/mol. The molecule has 98 valence electrons. The van der Waals surface area contributed by atoms with E-state index >= 15 is 0 Å². The van der Waals surface area contributed by atoms with E-state index in [1.54, 1.807) is 6.07 Å². The Morgan fingerprint density at radius 2 is 1.83 bits per heavy atom. The molecule has 0 radical (unpaired) electrons. The SMILES string of the molecule is O=C(NC(CCO)C(=O)O)c1c(Cl)cccc1Cl. The summed E-state index contributed by atoms with van der Waals surface area (Å²) in [6.45, 7) is -0.354. The second-order valence-corrected chi connectivity index (χ2v) is 4.29. The fourth-order valence-corrected chi connectivity index (χ4v) is 1.90. The van der Waals surface area contributed by atoms with Crippen LogP contribution in [-0.4, -0.2) is 34.7 Å². The van der Waals surface area contributed by atoms with Crippen LogP contribution in [0, 0.1) is 0 Å². The highest BCUT2D eigenvalue weighted by molar-refractivity contribution is 6.39. The van der Waals surface area contributed by atoms with Crippen LogP contribution in [0.2, 0.25) is 10.0 Å². The average molecular weight is 292 g/mol. The van der Waals surface area contributed by atoms with Crippen LogP contribution < -0.4 is 5.32 Å². The smallest absolute Gasteiger partial charge is 0.326 e. The highest BCUT2D eigenvalue weighted by Crippen LogP contribution is 2.24. The zero-order valence-electron chi connectivity index (χ0n) is 9.19. The van der Waals surface area contributed by atoms with Crippen molar-refractivity contribution >= 4 is 35.1 Å². The topological polar surface area (TPSA) is 86.6 Å². The van der Waals surface area contributed by atoms with Crippen molar-refractivity contribution in [1.82, 2.24) is 5.32 Å². The highest BCUT2D eigenvalue weighted by Gasteiger charge is 2.22. The first kappa shape index (κ1) is 14.8. The van der Waals surface area contributed by atoms with E-state index in [2.05, 4.69) is 5.32 Å². The van der Waals surface area contributed by atoms with E-state index in [4.69, 9.17) is 33.4 Å². The van der Waals surface area contributed by atoms with E-state index in [1.165, 1.54) is 12.1 Å². The number of aliphatic hydroxyl groups excluding tert-OH is 1. The van der Waals surface area contributed by atoms with E-state index in [0.717, 1.165) is 0 Å². The Morgan fingerprint density at radius 1 is 1.28 bits per heavy atom. The molecule has 1 aromatic carbocycles. The fourth-order valence-electron chi connectivity index (χ4n) is 1.33. The van der Waals surface area contributed by atoms with Gasteiger partial charge in [0.15, 0.2) is 0 Å². The number of halogens is 2.